The summed E-state index contributed by atoms with van der Waals surface area (Å²) < 4.78 is 0. The first-order chi connectivity index (χ1) is 10.8. The van der Waals surface area contributed by atoms with Crippen molar-refractivity contribution in [2.75, 3.05) is 31.6 Å². The van der Waals surface area contributed by atoms with E-state index in [0.717, 1.165) is 45.3 Å². The number of rotatable bonds is 3. The number of hydrogen-bond donors (Lipinski definition) is 1. The number of anilines is 1. The minimum absolute atomic E-state index is 0. The molecule has 2 heterocycles. The van der Waals surface area contributed by atoms with Crippen LogP contribution in [0.4, 0.5) is 5.69 Å². The highest BCUT2D eigenvalue weighted by molar-refractivity contribution is 5.85. The molecule has 0 spiro atoms. The van der Waals surface area contributed by atoms with Crippen molar-refractivity contribution in [1.82, 2.24) is 10.2 Å². The van der Waals surface area contributed by atoms with Crippen LogP contribution >= 0.6 is 24.8 Å². The van der Waals surface area contributed by atoms with Crippen LogP contribution in [0.5, 0.6) is 0 Å². The zero-order valence-corrected chi connectivity index (χ0v) is 16.0. The summed E-state index contributed by atoms with van der Waals surface area (Å²) in [5, 5.41) is 3.38. The zero-order chi connectivity index (χ0) is 15.4. The normalized spacial score (nSPS) is 23.6. The SMILES string of the molecule is CN(C(=O)[C@H]1CCCCN1)C1CCCN(c2ccccc2)C1.Cl.Cl. The predicted octanol–water partition coefficient (Wildman–Crippen LogP) is 3.10. The maximum absolute atomic E-state index is 12.7. The number of carbonyl (C=O) groups excluding carboxylic acids is 1. The number of para-hydroxylation sites is 1. The third-order valence-corrected chi connectivity index (χ3v) is 5.02. The molecule has 6 heteroatoms. The van der Waals surface area contributed by atoms with Crippen LogP contribution in [0.25, 0.3) is 0 Å². The van der Waals surface area contributed by atoms with Crippen LogP contribution in [0, 0.1) is 0 Å². The van der Waals surface area contributed by atoms with E-state index in [1.165, 1.54) is 12.1 Å². The minimum Gasteiger partial charge on any atom is -0.369 e. The van der Waals surface area contributed by atoms with E-state index in [4.69, 9.17) is 0 Å². The second-order valence-corrected chi connectivity index (χ2v) is 6.53. The fourth-order valence-electron chi connectivity index (χ4n) is 3.63. The predicted molar refractivity (Wildman–Crippen MR) is 105 cm³/mol. The Kier molecular flexibility index (Phi) is 8.88. The van der Waals surface area contributed by atoms with Crippen LogP contribution in [0.3, 0.4) is 0 Å². The van der Waals surface area contributed by atoms with E-state index in [1.54, 1.807) is 0 Å². The first-order valence-corrected chi connectivity index (χ1v) is 8.56. The molecule has 4 nitrogen and oxygen atoms in total. The van der Waals surface area contributed by atoms with Crippen LogP contribution in [0.2, 0.25) is 0 Å². The van der Waals surface area contributed by atoms with E-state index in [0.29, 0.717) is 6.04 Å². The molecule has 2 aliphatic heterocycles. The molecule has 3 rings (SSSR count). The number of nitrogens with zero attached hydrogens (tertiary/aromatic N) is 2. The standard InChI is InChI=1S/C18H27N3O.2ClH/c1-20(18(22)17-11-5-6-12-19-17)16-10-7-13-21(14-16)15-8-3-2-4-9-15;;/h2-4,8-9,16-17,19H,5-7,10-14H2,1H3;2*1H/t16?,17-;;/m1../s1. The van der Waals surface area contributed by atoms with Gasteiger partial charge in [-0.2, -0.15) is 0 Å². The molecule has 2 saturated heterocycles. The number of benzene rings is 1. The molecule has 1 amide bonds. The number of carbonyl (C=O) groups is 1. The van der Waals surface area contributed by atoms with E-state index in [9.17, 15) is 4.79 Å². The van der Waals surface area contributed by atoms with Crippen LogP contribution in [-0.4, -0.2) is 49.6 Å². The fourth-order valence-corrected chi connectivity index (χ4v) is 3.63. The number of piperidine rings is 2. The molecule has 0 saturated carbocycles. The lowest BCUT2D eigenvalue weighted by Crippen LogP contribution is -2.54. The van der Waals surface area contributed by atoms with Gasteiger partial charge in [-0.3, -0.25) is 4.79 Å². The van der Waals surface area contributed by atoms with Crippen molar-refractivity contribution in [3.8, 4) is 0 Å². The summed E-state index contributed by atoms with van der Waals surface area (Å²) in [5.74, 6) is 0.277. The molecule has 2 fully saturated rings. The van der Waals surface area contributed by atoms with Crippen LogP contribution < -0.4 is 10.2 Å². The van der Waals surface area contributed by atoms with Gasteiger partial charge in [0.1, 0.15) is 0 Å². The van der Waals surface area contributed by atoms with Gasteiger partial charge in [0.15, 0.2) is 0 Å². The molecule has 0 radical (unpaired) electrons. The van der Waals surface area contributed by atoms with Crippen molar-refractivity contribution in [3.63, 3.8) is 0 Å². The summed E-state index contributed by atoms with van der Waals surface area (Å²) in [6, 6.07) is 10.9. The quantitative estimate of drug-likeness (QED) is 0.883. The monoisotopic (exact) mass is 373 g/mol. The molecule has 0 aromatic heterocycles. The molecular formula is C18H29Cl2N3O. The van der Waals surface area contributed by atoms with Gasteiger partial charge in [-0.1, -0.05) is 24.6 Å². The van der Waals surface area contributed by atoms with Crippen LogP contribution in [0.15, 0.2) is 30.3 Å². The lowest BCUT2D eigenvalue weighted by atomic mass is 10.00. The van der Waals surface area contributed by atoms with Crippen molar-refractivity contribution < 1.29 is 4.79 Å². The summed E-state index contributed by atoms with van der Waals surface area (Å²) in [7, 11) is 1.98. The van der Waals surface area contributed by atoms with Crippen molar-refractivity contribution in [2.45, 2.75) is 44.2 Å². The van der Waals surface area contributed by atoms with Crippen molar-refractivity contribution in [1.29, 1.82) is 0 Å². The molecule has 1 unspecified atom stereocenters. The summed E-state index contributed by atoms with van der Waals surface area (Å²) in [5.41, 5.74) is 1.27. The number of hydrogen-bond acceptors (Lipinski definition) is 3. The Morgan fingerprint density at radius 2 is 1.88 bits per heavy atom. The van der Waals surface area contributed by atoms with Gasteiger partial charge in [-0.15, -0.1) is 24.8 Å². The van der Waals surface area contributed by atoms with E-state index in [-0.39, 0.29) is 36.8 Å². The Morgan fingerprint density at radius 3 is 2.54 bits per heavy atom. The highest BCUT2D eigenvalue weighted by Crippen LogP contribution is 2.22. The van der Waals surface area contributed by atoms with Gasteiger partial charge in [-0.25, -0.2) is 0 Å². The molecule has 0 bridgehead atoms. The molecule has 2 atom stereocenters. The maximum atomic E-state index is 12.7. The van der Waals surface area contributed by atoms with Gasteiger partial charge in [-0.05, 0) is 44.4 Å². The van der Waals surface area contributed by atoms with Gasteiger partial charge < -0.3 is 15.1 Å². The van der Waals surface area contributed by atoms with E-state index in [1.807, 2.05) is 11.9 Å². The molecular weight excluding hydrogens is 345 g/mol. The minimum atomic E-state index is 0. The lowest BCUT2D eigenvalue weighted by Gasteiger charge is -2.40. The average Bonchev–Trinajstić information content (AvgIpc) is 2.62. The summed E-state index contributed by atoms with van der Waals surface area (Å²) in [6.07, 6.45) is 5.60. The highest BCUT2D eigenvalue weighted by atomic mass is 35.5. The Balaban J connectivity index is 0.00000144. The average molecular weight is 374 g/mol. The number of nitrogens with one attached hydrogen (secondary N) is 1. The fraction of sp³-hybridized carbons (Fsp3) is 0.611. The van der Waals surface area contributed by atoms with Gasteiger partial charge in [0, 0.05) is 31.9 Å². The van der Waals surface area contributed by atoms with Gasteiger partial charge in [0.25, 0.3) is 0 Å². The molecule has 1 aromatic carbocycles. The summed E-state index contributed by atoms with van der Waals surface area (Å²) in [6.45, 7) is 3.01. The zero-order valence-electron chi connectivity index (χ0n) is 14.3. The number of halogens is 2. The van der Waals surface area contributed by atoms with E-state index >= 15 is 0 Å². The molecule has 1 aromatic rings. The summed E-state index contributed by atoms with van der Waals surface area (Å²) in [4.78, 5) is 17.1. The first kappa shape index (κ1) is 21.1. The van der Waals surface area contributed by atoms with Crippen molar-refractivity contribution >= 4 is 36.4 Å². The van der Waals surface area contributed by atoms with Crippen molar-refractivity contribution in [3.05, 3.63) is 30.3 Å². The largest absolute Gasteiger partial charge is 0.369 e. The molecule has 24 heavy (non-hydrogen) atoms. The number of likely N-dealkylation sites (N-methyl/N-ethyl adjacent to an activating group) is 1. The Bertz CT molecular complexity index is 494. The smallest absolute Gasteiger partial charge is 0.239 e. The summed E-state index contributed by atoms with van der Waals surface area (Å²) >= 11 is 0. The Labute approximate surface area is 157 Å². The van der Waals surface area contributed by atoms with Crippen LogP contribution in [0.1, 0.15) is 32.1 Å². The second-order valence-electron chi connectivity index (χ2n) is 6.53. The molecule has 0 aliphatic carbocycles. The van der Waals surface area contributed by atoms with Crippen molar-refractivity contribution in [2.24, 2.45) is 0 Å². The van der Waals surface area contributed by atoms with E-state index in [2.05, 4.69) is 40.5 Å². The van der Waals surface area contributed by atoms with Crippen LogP contribution in [-0.2, 0) is 4.79 Å². The highest BCUT2D eigenvalue weighted by Gasteiger charge is 2.30. The number of amides is 1. The van der Waals surface area contributed by atoms with Gasteiger partial charge >= 0.3 is 0 Å². The second kappa shape index (κ2) is 10.1. The van der Waals surface area contributed by atoms with E-state index < -0.39 is 0 Å². The third kappa shape index (κ3) is 5.01. The topological polar surface area (TPSA) is 35.6 Å². The maximum Gasteiger partial charge on any atom is 0.239 e. The lowest BCUT2D eigenvalue weighted by molar-refractivity contribution is -0.135. The molecule has 1 N–H and O–H groups in total. The Hall–Kier alpha value is -0.970. The van der Waals surface area contributed by atoms with Gasteiger partial charge in [0.2, 0.25) is 5.91 Å². The third-order valence-electron chi connectivity index (χ3n) is 5.02. The first-order valence-electron chi connectivity index (χ1n) is 8.56. The van der Waals surface area contributed by atoms with Gasteiger partial charge in [0.05, 0.1) is 6.04 Å². The Morgan fingerprint density at radius 1 is 1.12 bits per heavy atom. The molecule has 136 valence electrons. The molecule has 2 aliphatic rings.